The Bertz CT molecular complexity index is 447. The maximum Gasteiger partial charge on any atom is 0.123 e. The Hall–Kier alpha value is -1.15. The van der Waals surface area contributed by atoms with Crippen molar-refractivity contribution in [2.75, 3.05) is 0 Å². The third-order valence-corrected chi connectivity index (χ3v) is 3.95. The predicted molar refractivity (Wildman–Crippen MR) is 75.5 cm³/mol. The van der Waals surface area contributed by atoms with Crippen LogP contribution >= 0.6 is 11.3 Å². The Morgan fingerprint density at radius 3 is 2.71 bits per heavy atom. The number of hydrogen-bond acceptors (Lipinski definition) is 2. The zero-order chi connectivity index (χ0) is 12.1. The molecule has 0 spiro atoms. The molecule has 1 heterocycles. The minimum Gasteiger partial charge on any atom is -0.241 e. The van der Waals surface area contributed by atoms with Crippen LogP contribution in [0.3, 0.4) is 0 Å². The zero-order valence-corrected chi connectivity index (χ0v) is 11.3. The molecular weight excluding hydrogens is 226 g/mol. The second-order valence-electron chi connectivity index (χ2n) is 4.49. The van der Waals surface area contributed by atoms with E-state index in [-0.39, 0.29) is 0 Å². The van der Waals surface area contributed by atoms with Crippen molar-refractivity contribution in [2.45, 2.75) is 39.0 Å². The van der Waals surface area contributed by atoms with Crippen molar-refractivity contribution in [1.29, 1.82) is 0 Å². The van der Waals surface area contributed by atoms with Gasteiger partial charge in [0.15, 0.2) is 0 Å². The number of unbranched alkanes of at least 4 members (excludes halogenated alkanes) is 1. The fraction of sp³-hybridized carbons (Fsp3) is 0.400. The Kier molecular flexibility index (Phi) is 4.32. The topological polar surface area (TPSA) is 12.9 Å². The van der Waals surface area contributed by atoms with E-state index in [2.05, 4.69) is 43.5 Å². The third kappa shape index (κ3) is 3.16. The highest BCUT2D eigenvalue weighted by atomic mass is 32.1. The molecule has 1 nitrogen and oxygen atoms in total. The van der Waals surface area contributed by atoms with Crippen molar-refractivity contribution in [3.8, 4) is 10.6 Å². The van der Waals surface area contributed by atoms with Crippen LogP contribution in [0.4, 0.5) is 0 Å². The van der Waals surface area contributed by atoms with Gasteiger partial charge in [-0.1, -0.05) is 57.0 Å². The van der Waals surface area contributed by atoms with E-state index in [1.807, 2.05) is 6.07 Å². The monoisotopic (exact) mass is 245 g/mol. The van der Waals surface area contributed by atoms with E-state index >= 15 is 0 Å². The molecule has 0 aliphatic rings. The van der Waals surface area contributed by atoms with Crippen LogP contribution in [0.15, 0.2) is 35.7 Å². The maximum absolute atomic E-state index is 4.75. The normalized spacial score (nSPS) is 12.6. The summed E-state index contributed by atoms with van der Waals surface area (Å²) in [6.45, 7) is 4.52. The Morgan fingerprint density at radius 2 is 2.00 bits per heavy atom. The van der Waals surface area contributed by atoms with E-state index < -0.39 is 0 Å². The van der Waals surface area contributed by atoms with Crippen molar-refractivity contribution in [1.82, 2.24) is 4.98 Å². The molecule has 90 valence electrons. The molecule has 1 atom stereocenters. The number of thiazole rings is 1. The van der Waals surface area contributed by atoms with Gasteiger partial charge in [-0.05, 0) is 12.3 Å². The van der Waals surface area contributed by atoms with Gasteiger partial charge in [0.05, 0.1) is 5.69 Å². The maximum atomic E-state index is 4.75. The lowest BCUT2D eigenvalue weighted by Gasteiger charge is -2.06. The number of benzene rings is 1. The number of nitrogens with zero attached hydrogens (tertiary/aromatic N) is 1. The van der Waals surface area contributed by atoms with E-state index in [1.54, 1.807) is 11.3 Å². The molecular formula is C15H19NS. The van der Waals surface area contributed by atoms with Gasteiger partial charge in [-0.3, -0.25) is 0 Å². The molecule has 0 radical (unpaired) electrons. The highest BCUT2D eigenvalue weighted by molar-refractivity contribution is 7.13. The zero-order valence-electron chi connectivity index (χ0n) is 10.5. The highest BCUT2D eigenvalue weighted by Crippen LogP contribution is 2.28. The number of rotatable bonds is 5. The van der Waals surface area contributed by atoms with Crippen molar-refractivity contribution in [3.63, 3.8) is 0 Å². The van der Waals surface area contributed by atoms with E-state index in [1.165, 1.54) is 30.5 Å². The minimum absolute atomic E-state index is 0.587. The molecule has 0 bridgehead atoms. The van der Waals surface area contributed by atoms with Crippen LogP contribution in [0.2, 0.25) is 0 Å². The van der Waals surface area contributed by atoms with Gasteiger partial charge >= 0.3 is 0 Å². The molecule has 1 aromatic carbocycles. The van der Waals surface area contributed by atoms with E-state index in [4.69, 9.17) is 4.98 Å². The predicted octanol–water partition coefficient (Wildman–Crippen LogP) is 5.10. The van der Waals surface area contributed by atoms with E-state index in [0.29, 0.717) is 5.92 Å². The molecule has 0 N–H and O–H groups in total. The number of aromatic nitrogens is 1. The van der Waals surface area contributed by atoms with Crippen LogP contribution in [-0.2, 0) is 0 Å². The average molecular weight is 245 g/mol. The van der Waals surface area contributed by atoms with Gasteiger partial charge in [0.2, 0.25) is 0 Å². The molecule has 0 saturated heterocycles. The average Bonchev–Trinajstić information content (AvgIpc) is 2.86. The fourth-order valence-corrected chi connectivity index (χ4v) is 2.83. The van der Waals surface area contributed by atoms with Crippen LogP contribution < -0.4 is 0 Å². The van der Waals surface area contributed by atoms with E-state index in [0.717, 1.165) is 5.01 Å². The molecule has 2 heteroatoms. The molecule has 2 rings (SSSR count). The molecule has 1 aromatic heterocycles. The first-order chi connectivity index (χ1) is 8.31. The lowest BCUT2D eigenvalue weighted by Crippen LogP contribution is -1.93. The summed E-state index contributed by atoms with van der Waals surface area (Å²) in [7, 11) is 0. The Balaban J connectivity index is 2.11. The quantitative estimate of drug-likeness (QED) is 0.713. The molecule has 0 saturated carbocycles. The van der Waals surface area contributed by atoms with Gasteiger partial charge in [-0.25, -0.2) is 4.98 Å². The lowest BCUT2D eigenvalue weighted by atomic mass is 10.0. The van der Waals surface area contributed by atoms with Gasteiger partial charge < -0.3 is 0 Å². The summed E-state index contributed by atoms with van der Waals surface area (Å²) in [5, 5.41) is 3.35. The molecule has 17 heavy (non-hydrogen) atoms. The van der Waals surface area contributed by atoms with E-state index in [9.17, 15) is 0 Å². The standard InChI is InChI=1S/C15H19NS/c1-3-4-8-12(2)14-11-17-15(16-14)13-9-6-5-7-10-13/h5-7,9-12H,3-4,8H2,1-2H3. The summed E-state index contributed by atoms with van der Waals surface area (Å²) in [5.74, 6) is 0.587. The first-order valence-corrected chi connectivity index (χ1v) is 7.20. The molecule has 0 fully saturated rings. The molecule has 0 aliphatic heterocycles. The van der Waals surface area contributed by atoms with Crippen LogP contribution in [0.5, 0.6) is 0 Å². The summed E-state index contributed by atoms with van der Waals surface area (Å²) in [6.07, 6.45) is 3.80. The summed E-state index contributed by atoms with van der Waals surface area (Å²) in [4.78, 5) is 4.75. The first kappa shape index (κ1) is 12.3. The van der Waals surface area contributed by atoms with Gasteiger partial charge in [-0.2, -0.15) is 0 Å². The second kappa shape index (κ2) is 5.97. The van der Waals surface area contributed by atoms with Gasteiger partial charge in [0.25, 0.3) is 0 Å². The van der Waals surface area contributed by atoms with Crippen LogP contribution in [0, 0.1) is 0 Å². The molecule has 2 aromatic rings. The second-order valence-corrected chi connectivity index (χ2v) is 5.34. The SMILES string of the molecule is CCCCC(C)c1csc(-c2ccccc2)n1. The molecule has 0 aliphatic carbocycles. The van der Waals surface area contributed by atoms with Crippen LogP contribution in [0.25, 0.3) is 10.6 Å². The third-order valence-electron chi connectivity index (χ3n) is 3.04. The fourth-order valence-electron chi connectivity index (χ4n) is 1.88. The lowest BCUT2D eigenvalue weighted by molar-refractivity contribution is 0.614. The Morgan fingerprint density at radius 1 is 1.24 bits per heavy atom. The van der Waals surface area contributed by atoms with Gasteiger partial charge in [0.1, 0.15) is 5.01 Å². The smallest absolute Gasteiger partial charge is 0.123 e. The largest absolute Gasteiger partial charge is 0.241 e. The molecule has 0 amide bonds. The summed E-state index contributed by atoms with van der Waals surface area (Å²) in [5.41, 5.74) is 2.48. The van der Waals surface area contributed by atoms with Crippen LogP contribution in [0.1, 0.15) is 44.7 Å². The summed E-state index contributed by atoms with van der Waals surface area (Å²) < 4.78 is 0. The Labute approximate surface area is 108 Å². The van der Waals surface area contributed by atoms with Crippen molar-refractivity contribution in [3.05, 3.63) is 41.4 Å². The van der Waals surface area contributed by atoms with Crippen molar-refractivity contribution < 1.29 is 0 Å². The first-order valence-electron chi connectivity index (χ1n) is 6.32. The highest BCUT2D eigenvalue weighted by Gasteiger charge is 2.10. The minimum atomic E-state index is 0.587. The summed E-state index contributed by atoms with van der Waals surface area (Å²) in [6, 6.07) is 10.4. The van der Waals surface area contributed by atoms with Gasteiger partial charge in [-0.15, -0.1) is 11.3 Å². The van der Waals surface area contributed by atoms with Crippen molar-refractivity contribution in [2.24, 2.45) is 0 Å². The number of hydrogen-bond donors (Lipinski definition) is 0. The van der Waals surface area contributed by atoms with Crippen LogP contribution in [-0.4, -0.2) is 4.98 Å². The van der Waals surface area contributed by atoms with Crippen molar-refractivity contribution >= 4 is 11.3 Å². The van der Waals surface area contributed by atoms with Gasteiger partial charge in [0, 0.05) is 10.9 Å². The summed E-state index contributed by atoms with van der Waals surface area (Å²) >= 11 is 1.75. The molecule has 1 unspecified atom stereocenters.